The molecule has 17 heavy (non-hydrogen) atoms. The molecule has 0 amide bonds. The quantitative estimate of drug-likeness (QED) is 0.742. The molecule has 1 atom stereocenters. The zero-order valence-electron chi connectivity index (χ0n) is 11.3. The Morgan fingerprint density at radius 2 is 1.94 bits per heavy atom. The highest BCUT2D eigenvalue weighted by atomic mass is 16.5. The number of carbonyl (C=O) groups is 1. The van der Waals surface area contributed by atoms with E-state index in [1.54, 1.807) is 7.11 Å². The minimum atomic E-state index is -0.00746. The SMILES string of the molecule is COc1cc2c(cc1C(C)(C)C)C(=O)C(C)C2. The van der Waals surface area contributed by atoms with Gasteiger partial charge >= 0.3 is 0 Å². The van der Waals surface area contributed by atoms with Gasteiger partial charge in [0, 0.05) is 17.0 Å². The lowest BCUT2D eigenvalue weighted by atomic mass is 9.84. The van der Waals surface area contributed by atoms with Crippen molar-refractivity contribution in [2.45, 2.75) is 39.5 Å². The smallest absolute Gasteiger partial charge is 0.166 e. The Kier molecular flexibility index (Phi) is 2.76. The fourth-order valence-electron chi connectivity index (χ4n) is 2.46. The zero-order chi connectivity index (χ0) is 12.8. The number of rotatable bonds is 1. The molecule has 0 heterocycles. The van der Waals surface area contributed by atoms with E-state index in [2.05, 4.69) is 20.8 Å². The molecule has 0 spiro atoms. The second kappa shape index (κ2) is 3.86. The fraction of sp³-hybridized carbons (Fsp3) is 0.533. The average Bonchev–Trinajstić information content (AvgIpc) is 2.51. The van der Waals surface area contributed by atoms with Crippen molar-refractivity contribution >= 4 is 5.78 Å². The highest BCUT2D eigenvalue weighted by molar-refractivity contribution is 6.02. The normalized spacial score (nSPS) is 19.4. The fourth-order valence-corrected chi connectivity index (χ4v) is 2.46. The summed E-state index contributed by atoms with van der Waals surface area (Å²) in [5.74, 6) is 1.29. The first-order valence-electron chi connectivity index (χ1n) is 6.10. The van der Waals surface area contributed by atoms with Crippen LogP contribution in [0.15, 0.2) is 12.1 Å². The van der Waals surface area contributed by atoms with Crippen LogP contribution in [0.3, 0.4) is 0 Å². The van der Waals surface area contributed by atoms with E-state index >= 15 is 0 Å². The van der Waals surface area contributed by atoms with E-state index in [0.717, 1.165) is 28.9 Å². The van der Waals surface area contributed by atoms with E-state index in [4.69, 9.17) is 4.74 Å². The van der Waals surface area contributed by atoms with Crippen molar-refractivity contribution in [3.05, 3.63) is 28.8 Å². The molecular formula is C15H20O2. The second-order valence-electron chi connectivity index (χ2n) is 5.93. The number of carbonyl (C=O) groups excluding carboxylic acids is 1. The third-order valence-electron chi connectivity index (χ3n) is 3.47. The molecule has 0 saturated heterocycles. The topological polar surface area (TPSA) is 26.3 Å². The van der Waals surface area contributed by atoms with Gasteiger partial charge in [-0.2, -0.15) is 0 Å². The van der Waals surface area contributed by atoms with Crippen LogP contribution in [0.5, 0.6) is 5.75 Å². The van der Waals surface area contributed by atoms with Crippen molar-refractivity contribution in [3.63, 3.8) is 0 Å². The van der Waals surface area contributed by atoms with Gasteiger partial charge in [-0.05, 0) is 29.5 Å². The molecule has 0 aromatic heterocycles. The van der Waals surface area contributed by atoms with Gasteiger partial charge in [-0.3, -0.25) is 4.79 Å². The summed E-state index contributed by atoms with van der Waals surface area (Å²) in [6.45, 7) is 8.41. The molecule has 0 N–H and O–H groups in total. The van der Waals surface area contributed by atoms with Gasteiger partial charge in [0.1, 0.15) is 5.75 Å². The van der Waals surface area contributed by atoms with Crippen molar-refractivity contribution in [1.82, 2.24) is 0 Å². The van der Waals surface area contributed by atoms with Crippen molar-refractivity contribution in [3.8, 4) is 5.75 Å². The van der Waals surface area contributed by atoms with E-state index in [9.17, 15) is 4.79 Å². The Morgan fingerprint density at radius 3 is 2.47 bits per heavy atom. The maximum atomic E-state index is 12.0. The molecule has 0 aliphatic heterocycles. The number of benzene rings is 1. The van der Waals surface area contributed by atoms with Gasteiger partial charge in [-0.1, -0.05) is 27.7 Å². The molecular weight excluding hydrogens is 212 g/mol. The molecule has 0 bridgehead atoms. The number of hydrogen-bond acceptors (Lipinski definition) is 2. The van der Waals surface area contributed by atoms with Gasteiger partial charge < -0.3 is 4.74 Å². The average molecular weight is 232 g/mol. The van der Waals surface area contributed by atoms with Gasteiger partial charge in [0.2, 0.25) is 0 Å². The lowest BCUT2D eigenvalue weighted by Gasteiger charge is -2.23. The van der Waals surface area contributed by atoms with Crippen molar-refractivity contribution in [2.24, 2.45) is 5.92 Å². The summed E-state index contributed by atoms with van der Waals surface area (Å²) < 4.78 is 5.46. The van der Waals surface area contributed by atoms with Crippen LogP contribution in [0.1, 0.15) is 49.2 Å². The molecule has 2 rings (SSSR count). The predicted molar refractivity (Wildman–Crippen MR) is 68.9 cm³/mol. The molecule has 0 fully saturated rings. The molecule has 1 aromatic rings. The first-order valence-corrected chi connectivity index (χ1v) is 6.10. The van der Waals surface area contributed by atoms with E-state index < -0.39 is 0 Å². The lowest BCUT2D eigenvalue weighted by molar-refractivity contribution is 0.0946. The minimum absolute atomic E-state index is 0.00746. The number of Topliss-reactive ketones (excluding diaryl/α,β-unsaturated/α-hetero) is 1. The molecule has 0 saturated carbocycles. The van der Waals surface area contributed by atoms with E-state index in [1.807, 2.05) is 19.1 Å². The third-order valence-corrected chi connectivity index (χ3v) is 3.47. The minimum Gasteiger partial charge on any atom is -0.496 e. The van der Waals surface area contributed by atoms with Crippen LogP contribution in [0.4, 0.5) is 0 Å². The summed E-state index contributed by atoms with van der Waals surface area (Å²) in [5.41, 5.74) is 3.13. The Morgan fingerprint density at radius 1 is 1.29 bits per heavy atom. The summed E-state index contributed by atoms with van der Waals surface area (Å²) in [5, 5.41) is 0. The van der Waals surface area contributed by atoms with Crippen LogP contribution in [-0.4, -0.2) is 12.9 Å². The van der Waals surface area contributed by atoms with Crippen molar-refractivity contribution in [1.29, 1.82) is 0 Å². The number of methoxy groups -OCH3 is 1. The molecule has 2 nitrogen and oxygen atoms in total. The Labute approximate surface area is 103 Å². The van der Waals surface area contributed by atoms with E-state index in [1.165, 1.54) is 0 Å². The van der Waals surface area contributed by atoms with Crippen LogP contribution in [0.2, 0.25) is 0 Å². The number of ether oxygens (including phenoxy) is 1. The van der Waals surface area contributed by atoms with Crippen LogP contribution in [0, 0.1) is 5.92 Å². The number of hydrogen-bond donors (Lipinski definition) is 0. The van der Waals surface area contributed by atoms with Gasteiger partial charge in [0.15, 0.2) is 5.78 Å². The maximum absolute atomic E-state index is 12.0. The zero-order valence-corrected chi connectivity index (χ0v) is 11.3. The first-order chi connectivity index (χ1) is 7.84. The molecule has 92 valence electrons. The van der Waals surface area contributed by atoms with Crippen molar-refractivity contribution in [2.75, 3.05) is 7.11 Å². The van der Waals surface area contributed by atoms with Crippen LogP contribution in [0.25, 0.3) is 0 Å². The second-order valence-corrected chi connectivity index (χ2v) is 5.93. The van der Waals surface area contributed by atoms with Crippen LogP contribution < -0.4 is 4.74 Å². The summed E-state index contributed by atoms with van der Waals surface area (Å²) in [7, 11) is 1.69. The lowest BCUT2D eigenvalue weighted by Crippen LogP contribution is -2.14. The summed E-state index contributed by atoms with van der Waals surface area (Å²) in [6.07, 6.45) is 0.842. The molecule has 1 aromatic carbocycles. The van der Waals surface area contributed by atoms with E-state index in [0.29, 0.717) is 0 Å². The summed E-state index contributed by atoms with van der Waals surface area (Å²) in [4.78, 5) is 12.0. The van der Waals surface area contributed by atoms with Gasteiger partial charge in [-0.25, -0.2) is 0 Å². The van der Waals surface area contributed by atoms with E-state index in [-0.39, 0.29) is 17.1 Å². The highest BCUT2D eigenvalue weighted by Crippen LogP contribution is 2.37. The predicted octanol–water partition coefficient (Wildman–Crippen LogP) is 3.37. The summed E-state index contributed by atoms with van der Waals surface area (Å²) >= 11 is 0. The largest absolute Gasteiger partial charge is 0.496 e. The number of ketones is 1. The van der Waals surface area contributed by atoms with Crippen LogP contribution >= 0.6 is 0 Å². The standard InChI is InChI=1S/C15H20O2/c1-9-6-10-7-13(17-5)12(15(2,3)4)8-11(10)14(9)16/h7-9H,6H2,1-5H3. The first kappa shape index (κ1) is 12.2. The Balaban J connectivity index is 2.61. The Hall–Kier alpha value is -1.31. The monoisotopic (exact) mass is 232 g/mol. The van der Waals surface area contributed by atoms with Crippen LogP contribution in [-0.2, 0) is 11.8 Å². The molecule has 1 aliphatic rings. The summed E-state index contributed by atoms with van der Waals surface area (Å²) in [6, 6.07) is 4.07. The number of fused-ring (bicyclic) bond motifs is 1. The van der Waals surface area contributed by atoms with Crippen molar-refractivity contribution < 1.29 is 9.53 Å². The molecule has 1 aliphatic carbocycles. The van der Waals surface area contributed by atoms with Gasteiger partial charge in [0.05, 0.1) is 7.11 Å². The van der Waals surface area contributed by atoms with Gasteiger partial charge in [-0.15, -0.1) is 0 Å². The maximum Gasteiger partial charge on any atom is 0.166 e. The molecule has 2 heteroatoms. The highest BCUT2D eigenvalue weighted by Gasteiger charge is 2.30. The van der Waals surface area contributed by atoms with Gasteiger partial charge in [0.25, 0.3) is 0 Å². The molecule has 0 radical (unpaired) electrons. The third kappa shape index (κ3) is 1.97. The Bertz CT molecular complexity index is 467. The molecule has 1 unspecified atom stereocenters.